The number of anilines is 2. The maximum absolute atomic E-state index is 13.1. The van der Waals surface area contributed by atoms with Crippen LogP contribution in [0, 0.1) is 10.1 Å². The summed E-state index contributed by atoms with van der Waals surface area (Å²) < 4.78 is 16.4. The van der Waals surface area contributed by atoms with Gasteiger partial charge in [-0.3, -0.25) is 20.2 Å². The van der Waals surface area contributed by atoms with E-state index in [1.54, 1.807) is 31.4 Å². The molecule has 4 aromatic rings. The summed E-state index contributed by atoms with van der Waals surface area (Å²) in [6, 6.07) is 16.8. The Hall–Kier alpha value is -4.55. The van der Waals surface area contributed by atoms with E-state index in [-0.39, 0.29) is 16.4 Å². The highest BCUT2D eigenvalue weighted by atomic mass is 32.1. The quantitative estimate of drug-likeness (QED) is 0.209. The molecule has 0 atom stereocenters. The molecule has 3 aromatic carbocycles. The molecule has 11 nitrogen and oxygen atoms in total. The predicted octanol–water partition coefficient (Wildman–Crippen LogP) is 4.38. The number of benzene rings is 3. The van der Waals surface area contributed by atoms with Crippen molar-refractivity contribution in [3.8, 4) is 17.2 Å². The lowest BCUT2D eigenvalue weighted by atomic mass is 10.1. The summed E-state index contributed by atoms with van der Waals surface area (Å²) in [5.41, 5.74) is 3.12. The van der Waals surface area contributed by atoms with Gasteiger partial charge in [-0.05, 0) is 60.7 Å². The Morgan fingerprint density at radius 1 is 1.11 bits per heavy atom. The van der Waals surface area contributed by atoms with Gasteiger partial charge >= 0.3 is 0 Å². The van der Waals surface area contributed by atoms with Crippen molar-refractivity contribution in [3.63, 3.8) is 0 Å². The average molecular weight is 534 g/mol. The monoisotopic (exact) mass is 533 g/mol. The summed E-state index contributed by atoms with van der Waals surface area (Å²) in [6.07, 6.45) is 0. The molecule has 1 amide bonds. The summed E-state index contributed by atoms with van der Waals surface area (Å²) in [7, 11) is 1.60. The molecule has 5 rings (SSSR count). The Labute approximate surface area is 222 Å². The fourth-order valence-corrected chi connectivity index (χ4v) is 4.31. The molecule has 0 unspecified atom stereocenters. The van der Waals surface area contributed by atoms with Gasteiger partial charge in [0.2, 0.25) is 5.89 Å². The number of ether oxygens (including phenoxy) is 2. The highest BCUT2D eigenvalue weighted by Gasteiger charge is 2.23. The van der Waals surface area contributed by atoms with Gasteiger partial charge in [0.25, 0.3) is 11.6 Å². The third-order valence-electron chi connectivity index (χ3n) is 6.00. The molecule has 2 heterocycles. The maximum Gasteiger partial charge on any atom is 0.270 e. The molecule has 0 aliphatic carbocycles. The molecule has 0 saturated carbocycles. The van der Waals surface area contributed by atoms with E-state index in [1.165, 1.54) is 12.1 Å². The lowest BCUT2D eigenvalue weighted by Gasteiger charge is -2.30. The van der Waals surface area contributed by atoms with E-state index in [1.807, 2.05) is 29.2 Å². The van der Waals surface area contributed by atoms with Gasteiger partial charge in [-0.1, -0.05) is 0 Å². The van der Waals surface area contributed by atoms with Crippen LogP contribution >= 0.6 is 12.2 Å². The van der Waals surface area contributed by atoms with Gasteiger partial charge in [0, 0.05) is 36.5 Å². The van der Waals surface area contributed by atoms with Gasteiger partial charge in [0.1, 0.15) is 11.3 Å². The fourth-order valence-electron chi connectivity index (χ4n) is 4.09. The van der Waals surface area contributed by atoms with E-state index in [0.29, 0.717) is 54.7 Å². The number of carbonyl (C=O) groups is 1. The standard InChI is InChI=1S/C26H23N5O6S/c1-35-19-6-2-16(3-7-19)25-28-21-14-17(4-9-23(21)37-25)27-26(38)29-24(32)20-15-18(31(33)34)5-8-22(20)30-10-12-36-13-11-30/h2-9,14-15H,10-13H2,1H3,(H2,27,29,32,38). The third-order valence-corrected chi connectivity index (χ3v) is 6.20. The van der Waals surface area contributed by atoms with Gasteiger partial charge in [-0.15, -0.1) is 0 Å². The summed E-state index contributed by atoms with van der Waals surface area (Å²) >= 11 is 5.36. The summed E-state index contributed by atoms with van der Waals surface area (Å²) in [4.78, 5) is 30.4. The zero-order chi connectivity index (χ0) is 26.6. The van der Waals surface area contributed by atoms with Gasteiger partial charge in [-0.25, -0.2) is 4.98 Å². The molecule has 194 valence electrons. The van der Waals surface area contributed by atoms with E-state index in [0.717, 1.165) is 11.3 Å². The normalized spacial score (nSPS) is 13.2. The molecule has 1 saturated heterocycles. The Morgan fingerprint density at radius 3 is 2.58 bits per heavy atom. The van der Waals surface area contributed by atoms with Gasteiger partial charge in [0.05, 0.1) is 36.5 Å². The van der Waals surface area contributed by atoms with Gasteiger partial charge in [0.15, 0.2) is 10.7 Å². The lowest BCUT2D eigenvalue weighted by Crippen LogP contribution is -2.39. The van der Waals surface area contributed by atoms with Crippen LogP contribution in [0.25, 0.3) is 22.6 Å². The molecule has 12 heteroatoms. The number of nitrogens with zero attached hydrogens (tertiary/aromatic N) is 3. The minimum Gasteiger partial charge on any atom is -0.497 e. The number of aromatic nitrogens is 1. The number of methoxy groups -OCH3 is 1. The molecule has 0 radical (unpaired) electrons. The van der Waals surface area contributed by atoms with E-state index in [9.17, 15) is 14.9 Å². The van der Waals surface area contributed by atoms with Crippen LogP contribution in [0.15, 0.2) is 65.1 Å². The maximum atomic E-state index is 13.1. The highest BCUT2D eigenvalue weighted by Crippen LogP contribution is 2.28. The molecule has 38 heavy (non-hydrogen) atoms. The molecule has 1 aliphatic rings. The minimum absolute atomic E-state index is 0.0349. The van der Waals surface area contributed by atoms with Crippen LogP contribution in [0.4, 0.5) is 17.1 Å². The van der Waals surface area contributed by atoms with E-state index in [2.05, 4.69) is 15.6 Å². The largest absolute Gasteiger partial charge is 0.497 e. The Balaban J connectivity index is 1.32. The number of fused-ring (bicyclic) bond motifs is 1. The lowest BCUT2D eigenvalue weighted by molar-refractivity contribution is -0.384. The smallest absolute Gasteiger partial charge is 0.270 e. The van der Waals surface area contributed by atoms with Crippen molar-refractivity contribution < 1.29 is 23.6 Å². The van der Waals surface area contributed by atoms with E-state index < -0.39 is 10.8 Å². The molecule has 0 spiro atoms. The zero-order valence-electron chi connectivity index (χ0n) is 20.3. The molecular weight excluding hydrogens is 510 g/mol. The van der Waals surface area contributed by atoms with Crippen LogP contribution in [-0.4, -0.2) is 54.3 Å². The second-order valence-corrected chi connectivity index (χ2v) is 8.80. The number of thiocarbonyl (C=S) groups is 1. The number of hydrogen-bond acceptors (Lipinski definition) is 9. The number of non-ortho nitro benzene ring substituents is 1. The van der Waals surface area contributed by atoms with E-state index in [4.69, 9.17) is 26.1 Å². The van der Waals surface area contributed by atoms with Crippen molar-refractivity contribution in [3.05, 3.63) is 76.3 Å². The predicted molar refractivity (Wildman–Crippen MR) is 146 cm³/mol. The molecule has 1 fully saturated rings. The van der Waals surface area contributed by atoms with Crippen molar-refractivity contribution in [1.29, 1.82) is 0 Å². The van der Waals surface area contributed by atoms with Crippen molar-refractivity contribution in [2.24, 2.45) is 0 Å². The first kappa shape index (κ1) is 25.1. The van der Waals surface area contributed by atoms with Crippen LogP contribution in [0.3, 0.4) is 0 Å². The zero-order valence-corrected chi connectivity index (χ0v) is 21.1. The SMILES string of the molecule is COc1ccc(-c2nc3cc(NC(=S)NC(=O)c4cc([N+](=O)[O-])ccc4N4CCOCC4)ccc3o2)cc1. The second-order valence-electron chi connectivity index (χ2n) is 8.40. The van der Waals surface area contributed by atoms with Crippen molar-refractivity contribution >= 4 is 51.4 Å². The topological polar surface area (TPSA) is 132 Å². The van der Waals surface area contributed by atoms with E-state index >= 15 is 0 Å². The first-order valence-electron chi connectivity index (χ1n) is 11.7. The Bertz CT molecular complexity index is 1510. The van der Waals surface area contributed by atoms with Crippen LogP contribution in [0.5, 0.6) is 5.75 Å². The van der Waals surface area contributed by atoms with Crippen LogP contribution in [0.1, 0.15) is 10.4 Å². The second kappa shape index (κ2) is 10.8. The van der Waals surface area contributed by atoms with Crippen molar-refractivity contribution in [2.45, 2.75) is 0 Å². The van der Waals surface area contributed by atoms with Crippen LogP contribution in [0.2, 0.25) is 0 Å². The summed E-state index contributed by atoms with van der Waals surface area (Å²) in [6.45, 7) is 2.14. The first-order valence-corrected chi connectivity index (χ1v) is 12.1. The summed E-state index contributed by atoms with van der Waals surface area (Å²) in [5.74, 6) is 0.628. The van der Waals surface area contributed by atoms with Gasteiger partial charge in [-0.2, -0.15) is 0 Å². The number of morpholine rings is 1. The van der Waals surface area contributed by atoms with Crippen molar-refractivity contribution in [1.82, 2.24) is 10.3 Å². The summed E-state index contributed by atoms with van der Waals surface area (Å²) in [5, 5.41) is 17.0. The number of hydrogen-bond donors (Lipinski definition) is 2. The first-order chi connectivity index (χ1) is 18.4. The molecule has 2 N–H and O–H groups in total. The molecule has 1 aromatic heterocycles. The van der Waals surface area contributed by atoms with Crippen LogP contribution < -0.4 is 20.3 Å². The fraction of sp³-hybridized carbons (Fsp3) is 0.192. The minimum atomic E-state index is -0.558. The number of nitrogens with one attached hydrogen (secondary N) is 2. The average Bonchev–Trinajstić information content (AvgIpc) is 3.36. The number of carbonyl (C=O) groups excluding carboxylic acids is 1. The number of nitro benzene ring substituents is 1. The number of rotatable bonds is 6. The number of oxazole rings is 1. The highest BCUT2D eigenvalue weighted by molar-refractivity contribution is 7.80. The van der Waals surface area contributed by atoms with Crippen LogP contribution in [-0.2, 0) is 4.74 Å². The number of nitro groups is 1. The molecule has 1 aliphatic heterocycles. The Kier molecular flexibility index (Phi) is 7.15. The molecule has 0 bridgehead atoms. The third kappa shape index (κ3) is 5.41. The number of amides is 1. The molecular formula is C26H23N5O6S. The van der Waals surface area contributed by atoms with Gasteiger partial charge < -0.3 is 24.1 Å². The Morgan fingerprint density at radius 2 is 1.87 bits per heavy atom. The van der Waals surface area contributed by atoms with Crippen molar-refractivity contribution in [2.75, 3.05) is 43.6 Å².